The fraction of sp³-hybridized carbons (Fsp3) is 0.273. The number of aromatic nitrogens is 3. The number of hydrogen-bond donors (Lipinski definition) is 2. The van der Waals surface area contributed by atoms with Gasteiger partial charge in [0.1, 0.15) is 13.2 Å². The van der Waals surface area contributed by atoms with Crippen molar-refractivity contribution in [3.8, 4) is 11.4 Å². The van der Waals surface area contributed by atoms with Crippen molar-refractivity contribution in [3.63, 3.8) is 0 Å². The third-order valence-corrected chi connectivity index (χ3v) is 5.40. The molecule has 36 heavy (non-hydrogen) atoms. The van der Waals surface area contributed by atoms with E-state index >= 15 is 0 Å². The fourth-order valence-electron chi connectivity index (χ4n) is 3.28. The number of nitrogens with two attached hydrogens (primary N) is 1. The van der Waals surface area contributed by atoms with Crippen LogP contribution in [0.2, 0.25) is 10.0 Å². The molecule has 3 aromatic rings. The molecule has 2 amide bonds. The van der Waals surface area contributed by atoms with Gasteiger partial charge in [-0.05, 0) is 42.0 Å². The highest BCUT2D eigenvalue weighted by atomic mass is 35.5. The number of alkyl halides is 3. The number of carbonyl (C=O) groups is 2. The van der Waals surface area contributed by atoms with Crippen LogP contribution in [0, 0.1) is 0 Å². The first-order valence-corrected chi connectivity index (χ1v) is 11.2. The lowest BCUT2D eigenvalue weighted by Crippen LogP contribution is -2.38. The van der Waals surface area contributed by atoms with Gasteiger partial charge in [-0.25, -0.2) is 14.3 Å². The molecule has 1 aromatic heterocycles. The Morgan fingerprint density at radius 3 is 2.42 bits per heavy atom. The molecule has 9 nitrogen and oxygen atoms in total. The molecule has 0 radical (unpaired) electrons. The normalized spacial score (nSPS) is 12.2. The van der Waals surface area contributed by atoms with Crippen LogP contribution in [0.1, 0.15) is 18.0 Å². The summed E-state index contributed by atoms with van der Waals surface area (Å²) >= 11 is 11.9. The van der Waals surface area contributed by atoms with E-state index < -0.39 is 49.4 Å². The summed E-state index contributed by atoms with van der Waals surface area (Å²) in [5, 5.41) is 7.42. The molecule has 2 aromatic carbocycles. The van der Waals surface area contributed by atoms with Gasteiger partial charge in [0.25, 0.3) is 0 Å². The summed E-state index contributed by atoms with van der Waals surface area (Å²) in [6.07, 6.45) is -6.85. The molecule has 0 aliphatic carbocycles. The van der Waals surface area contributed by atoms with E-state index in [9.17, 15) is 27.6 Å². The van der Waals surface area contributed by atoms with E-state index in [0.29, 0.717) is 21.2 Å². The Bertz CT molecular complexity index is 1290. The van der Waals surface area contributed by atoms with E-state index in [2.05, 4.69) is 10.4 Å². The van der Waals surface area contributed by atoms with Gasteiger partial charge in [0.2, 0.25) is 5.91 Å². The van der Waals surface area contributed by atoms with Gasteiger partial charge >= 0.3 is 18.0 Å². The lowest BCUT2D eigenvalue weighted by molar-refractivity contribution is -0.136. The first-order valence-electron chi connectivity index (χ1n) is 10.4. The van der Waals surface area contributed by atoms with Crippen LogP contribution in [0.3, 0.4) is 0 Å². The van der Waals surface area contributed by atoms with Gasteiger partial charge in [-0.3, -0.25) is 9.36 Å². The molecular weight excluding hydrogens is 526 g/mol. The molecule has 0 saturated heterocycles. The minimum atomic E-state index is -4.51. The van der Waals surface area contributed by atoms with Crippen molar-refractivity contribution in [2.75, 3.05) is 6.61 Å². The summed E-state index contributed by atoms with van der Waals surface area (Å²) in [6, 6.07) is 11.5. The zero-order valence-corrected chi connectivity index (χ0v) is 20.0. The predicted molar refractivity (Wildman–Crippen MR) is 125 cm³/mol. The molecule has 1 heterocycles. The van der Waals surface area contributed by atoms with Crippen LogP contribution < -0.4 is 16.7 Å². The Balaban J connectivity index is 1.87. The molecule has 0 aliphatic rings. The maximum absolute atomic E-state index is 12.9. The number of hydrogen-bond acceptors (Lipinski definition) is 5. The van der Waals surface area contributed by atoms with Crippen molar-refractivity contribution in [1.29, 1.82) is 0 Å². The average molecular weight is 546 g/mol. The molecule has 3 N–H and O–H groups in total. The average Bonchev–Trinajstić information content (AvgIpc) is 3.10. The fourth-order valence-corrected chi connectivity index (χ4v) is 3.61. The lowest BCUT2D eigenvalue weighted by atomic mass is 10.1. The topological polar surface area (TPSA) is 121 Å². The second-order valence-corrected chi connectivity index (χ2v) is 8.47. The van der Waals surface area contributed by atoms with Crippen LogP contribution in [0.5, 0.6) is 0 Å². The van der Waals surface area contributed by atoms with E-state index in [0.717, 1.165) is 9.25 Å². The van der Waals surface area contributed by atoms with E-state index in [-0.39, 0.29) is 12.4 Å². The van der Waals surface area contributed by atoms with Gasteiger partial charge in [-0.15, -0.1) is 5.10 Å². The highest BCUT2D eigenvalue weighted by Crippen LogP contribution is 2.23. The smallest absolute Gasteiger partial charge is 0.404 e. The van der Waals surface area contributed by atoms with E-state index in [1.54, 1.807) is 18.2 Å². The summed E-state index contributed by atoms with van der Waals surface area (Å²) in [6.45, 7) is -1.64. The lowest BCUT2D eigenvalue weighted by Gasteiger charge is -2.19. The standard InChI is InChI=1S/C22H20Cl2F3N5O4/c23-15-6-4-13(5-7-15)19-30-32(21(35)31(19)9-8-22(25,26)27)11-18(33)29-17(12-36-20(28)34)14-2-1-3-16(24)10-14/h1-7,10,17H,8-9,11-12H2,(H2,28,34)(H,29,33)/t17-/m0/s1. The number of rotatable bonds is 9. The maximum Gasteiger partial charge on any atom is 0.404 e. The summed E-state index contributed by atoms with van der Waals surface area (Å²) in [7, 11) is 0. The minimum absolute atomic E-state index is 0.0582. The van der Waals surface area contributed by atoms with Crippen molar-refractivity contribution in [2.24, 2.45) is 5.73 Å². The van der Waals surface area contributed by atoms with Crippen molar-refractivity contribution >= 4 is 35.2 Å². The van der Waals surface area contributed by atoms with Crippen molar-refractivity contribution in [1.82, 2.24) is 19.7 Å². The van der Waals surface area contributed by atoms with Gasteiger partial charge in [0.05, 0.1) is 12.5 Å². The molecule has 14 heteroatoms. The Kier molecular flexibility index (Phi) is 8.64. The number of amides is 2. The quantitative estimate of drug-likeness (QED) is 0.422. The highest BCUT2D eigenvalue weighted by molar-refractivity contribution is 6.30. The summed E-state index contributed by atoms with van der Waals surface area (Å²) in [5.41, 5.74) is 4.93. The van der Waals surface area contributed by atoms with Crippen molar-refractivity contribution < 1.29 is 27.5 Å². The third kappa shape index (κ3) is 7.49. The molecule has 0 fully saturated rings. The molecule has 0 saturated carbocycles. The second kappa shape index (κ2) is 11.5. The Labute approximate surface area is 212 Å². The molecule has 0 aliphatic heterocycles. The summed E-state index contributed by atoms with van der Waals surface area (Å²) in [5.74, 6) is -0.782. The largest absolute Gasteiger partial charge is 0.447 e. The van der Waals surface area contributed by atoms with Crippen molar-refractivity contribution in [3.05, 3.63) is 74.6 Å². The van der Waals surface area contributed by atoms with Crippen LogP contribution in [-0.4, -0.2) is 39.1 Å². The Hall–Kier alpha value is -3.51. The summed E-state index contributed by atoms with van der Waals surface area (Å²) < 4.78 is 45.0. The Morgan fingerprint density at radius 2 is 1.81 bits per heavy atom. The SMILES string of the molecule is NC(=O)OC[C@H](NC(=O)Cn1nc(-c2ccc(Cl)cc2)n(CCC(F)(F)F)c1=O)c1cccc(Cl)c1. The number of benzene rings is 2. The second-order valence-electron chi connectivity index (χ2n) is 7.59. The molecule has 192 valence electrons. The predicted octanol–water partition coefficient (Wildman–Crippen LogP) is 3.92. The van der Waals surface area contributed by atoms with E-state index in [1.807, 2.05) is 0 Å². The van der Waals surface area contributed by atoms with Gasteiger partial charge in [0.15, 0.2) is 5.82 Å². The Morgan fingerprint density at radius 1 is 1.11 bits per heavy atom. The summed E-state index contributed by atoms with van der Waals surface area (Å²) in [4.78, 5) is 36.7. The number of primary amides is 1. The highest BCUT2D eigenvalue weighted by Gasteiger charge is 2.29. The van der Waals surface area contributed by atoms with Gasteiger partial charge in [-0.2, -0.15) is 13.2 Å². The molecular formula is C22H20Cl2F3N5O4. The van der Waals surface area contributed by atoms with Gasteiger partial charge < -0.3 is 15.8 Å². The monoisotopic (exact) mass is 545 g/mol. The van der Waals surface area contributed by atoms with Crippen LogP contribution in [0.25, 0.3) is 11.4 Å². The molecule has 0 bridgehead atoms. The molecule has 1 atom stereocenters. The molecule has 0 spiro atoms. The molecule has 0 unspecified atom stereocenters. The third-order valence-electron chi connectivity index (χ3n) is 4.92. The number of nitrogens with zero attached hydrogens (tertiary/aromatic N) is 3. The number of ether oxygens (including phenoxy) is 1. The van der Waals surface area contributed by atoms with Gasteiger partial charge in [-0.1, -0.05) is 35.3 Å². The van der Waals surface area contributed by atoms with Gasteiger partial charge in [0, 0.05) is 22.2 Å². The van der Waals surface area contributed by atoms with Crippen LogP contribution in [0.15, 0.2) is 53.3 Å². The number of nitrogens with one attached hydrogen (secondary N) is 1. The van der Waals surface area contributed by atoms with Crippen molar-refractivity contribution in [2.45, 2.75) is 31.7 Å². The van der Waals surface area contributed by atoms with E-state index in [4.69, 9.17) is 33.7 Å². The zero-order valence-electron chi connectivity index (χ0n) is 18.5. The first kappa shape index (κ1) is 27.1. The number of halogens is 5. The van der Waals surface area contributed by atoms with E-state index in [1.165, 1.54) is 30.3 Å². The van der Waals surface area contributed by atoms with Crippen LogP contribution >= 0.6 is 23.2 Å². The van der Waals surface area contributed by atoms with Crippen LogP contribution in [0.4, 0.5) is 18.0 Å². The van der Waals surface area contributed by atoms with Crippen LogP contribution in [-0.2, 0) is 22.6 Å². The first-order chi connectivity index (χ1) is 16.9. The minimum Gasteiger partial charge on any atom is -0.447 e. The number of carbonyl (C=O) groups excluding carboxylic acids is 2. The maximum atomic E-state index is 12.9. The molecule has 3 rings (SSSR count). The zero-order chi connectivity index (χ0) is 26.5.